The van der Waals surface area contributed by atoms with Crippen molar-refractivity contribution in [3.8, 4) is 0 Å². The van der Waals surface area contributed by atoms with Crippen molar-refractivity contribution in [3.05, 3.63) is 28.4 Å². The lowest BCUT2D eigenvalue weighted by molar-refractivity contribution is -0.126. The van der Waals surface area contributed by atoms with Crippen LogP contribution in [0.15, 0.2) is 17.1 Å². The summed E-state index contributed by atoms with van der Waals surface area (Å²) in [7, 11) is 0. The summed E-state index contributed by atoms with van der Waals surface area (Å²) in [5.41, 5.74) is -0.338. The number of aromatic nitrogens is 2. The maximum absolute atomic E-state index is 14.0. The summed E-state index contributed by atoms with van der Waals surface area (Å²) in [6.45, 7) is 2.37. The highest BCUT2D eigenvalue weighted by molar-refractivity contribution is 5.00. The molecule has 0 saturated carbocycles. The van der Waals surface area contributed by atoms with Crippen molar-refractivity contribution >= 4 is 0 Å². The number of hydrogen-bond donors (Lipinski definition) is 1. The van der Waals surface area contributed by atoms with Gasteiger partial charge in [0, 0.05) is 11.9 Å². The fraction of sp³-hybridized carbons (Fsp3) is 0.636. The predicted molar refractivity (Wildman–Crippen MR) is 58.3 cm³/mol. The molecule has 1 aliphatic rings. The molecule has 18 heavy (non-hydrogen) atoms. The van der Waals surface area contributed by atoms with Crippen LogP contribution in [-0.4, -0.2) is 33.3 Å². The normalized spacial score (nSPS) is 30.6. The van der Waals surface area contributed by atoms with Gasteiger partial charge < -0.3 is 9.84 Å². The lowest BCUT2D eigenvalue weighted by atomic mass is 10.00. The summed E-state index contributed by atoms with van der Waals surface area (Å²) >= 11 is 0. The van der Waals surface area contributed by atoms with E-state index in [1.165, 1.54) is 19.2 Å². The Morgan fingerprint density at radius 3 is 2.78 bits per heavy atom. The van der Waals surface area contributed by atoms with Gasteiger partial charge in [0.15, 0.2) is 0 Å². The maximum Gasteiger partial charge on any atom is 0.350 e. The van der Waals surface area contributed by atoms with Crippen molar-refractivity contribution in [1.29, 1.82) is 0 Å². The number of aliphatic hydroxyl groups excluding tert-OH is 1. The topological polar surface area (TPSA) is 64.3 Å². The Bertz CT molecular complexity index is 503. The molecule has 0 aromatic carbocycles. The molecule has 1 N–H and O–H groups in total. The van der Waals surface area contributed by atoms with Gasteiger partial charge >= 0.3 is 5.69 Å². The van der Waals surface area contributed by atoms with E-state index in [0.717, 1.165) is 4.57 Å². The molecule has 0 amide bonds. The van der Waals surface area contributed by atoms with E-state index >= 15 is 0 Å². The van der Waals surface area contributed by atoms with Gasteiger partial charge in [0.25, 0.3) is 5.92 Å². The SMILES string of the molecule is Cc1ccn([C@@H]2O[C@H](CO)[C@@H](C)C2(F)F)c(=O)n1. The van der Waals surface area contributed by atoms with Crippen molar-refractivity contribution in [1.82, 2.24) is 9.55 Å². The summed E-state index contributed by atoms with van der Waals surface area (Å²) in [4.78, 5) is 15.2. The summed E-state index contributed by atoms with van der Waals surface area (Å²) in [6, 6.07) is 1.46. The van der Waals surface area contributed by atoms with E-state index < -0.39 is 36.5 Å². The fourth-order valence-corrected chi connectivity index (χ4v) is 1.98. The first-order valence-electron chi connectivity index (χ1n) is 5.58. The second kappa shape index (κ2) is 4.40. The molecule has 1 fully saturated rings. The van der Waals surface area contributed by atoms with Crippen LogP contribution in [0.25, 0.3) is 0 Å². The first-order chi connectivity index (χ1) is 8.37. The second-order valence-electron chi connectivity index (χ2n) is 4.43. The number of ether oxygens (including phenoxy) is 1. The van der Waals surface area contributed by atoms with Crippen LogP contribution in [0.4, 0.5) is 8.78 Å². The zero-order valence-electron chi connectivity index (χ0n) is 10.0. The Labute approximate surface area is 102 Å². The number of rotatable bonds is 2. The van der Waals surface area contributed by atoms with Crippen LogP contribution >= 0.6 is 0 Å². The standard InChI is InChI=1S/C11H14F2N2O3/c1-6-3-4-15(10(17)14-6)9-11(12,13)7(2)8(5-16)18-9/h3-4,7-9,16H,5H2,1-2H3/t7-,8-,9-/m1/s1. The number of aliphatic hydroxyl groups is 1. The summed E-state index contributed by atoms with van der Waals surface area (Å²) in [5.74, 6) is -4.39. The molecule has 0 radical (unpaired) electrons. The lowest BCUT2D eigenvalue weighted by Crippen LogP contribution is -2.37. The molecule has 2 rings (SSSR count). The molecule has 0 unspecified atom stereocenters. The van der Waals surface area contributed by atoms with Gasteiger partial charge in [0.05, 0.1) is 18.6 Å². The Hall–Kier alpha value is -1.34. The van der Waals surface area contributed by atoms with Gasteiger partial charge in [-0.3, -0.25) is 4.57 Å². The number of aryl methyl sites for hydroxylation is 1. The molecule has 5 nitrogen and oxygen atoms in total. The van der Waals surface area contributed by atoms with Crippen LogP contribution in [0.5, 0.6) is 0 Å². The van der Waals surface area contributed by atoms with Crippen LogP contribution in [0.1, 0.15) is 18.8 Å². The molecule has 1 aliphatic heterocycles. The van der Waals surface area contributed by atoms with E-state index in [2.05, 4.69) is 4.98 Å². The molecular weight excluding hydrogens is 246 g/mol. The smallest absolute Gasteiger partial charge is 0.350 e. The third-order valence-corrected chi connectivity index (χ3v) is 3.20. The summed E-state index contributed by atoms with van der Waals surface area (Å²) in [5, 5.41) is 8.99. The average Bonchev–Trinajstić information content (AvgIpc) is 2.52. The highest BCUT2D eigenvalue weighted by Crippen LogP contribution is 2.45. The van der Waals surface area contributed by atoms with Gasteiger partial charge in [-0.1, -0.05) is 6.92 Å². The van der Waals surface area contributed by atoms with Crippen molar-refractivity contribution < 1.29 is 18.6 Å². The van der Waals surface area contributed by atoms with E-state index in [9.17, 15) is 13.6 Å². The Kier molecular flexibility index (Phi) is 3.20. The van der Waals surface area contributed by atoms with Crippen molar-refractivity contribution in [2.45, 2.75) is 32.1 Å². The lowest BCUT2D eigenvalue weighted by Gasteiger charge is -2.21. The third-order valence-electron chi connectivity index (χ3n) is 3.20. The Morgan fingerprint density at radius 2 is 2.28 bits per heavy atom. The number of alkyl halides is 2. The van der Waals surface area contributed by atoms with Crippen molar-refractivity contribution in [2.75, 3.05) is 6.61 Å². The number of halogens is 2. The minimum Gasteiger partial charge on any atom is -0.394 e. The molecule has 0 spiro atoms. The summed E-state index contributed by atoms with van der Waals surface area (Å²) < 4.78 is 33.8. The number of hydrogen-bond acceptors (Lipinski definition) is 4. The predicted octanol–water partition coefficient (Wildman–Crippen LogP) is 0.713. The molecule has 100 valence electrons. The van der Waals surface area contributed by atoms with Crippen LogP contribution in [-0.2, 0) is 4.74 Å². The molecular formula is C11H14F2N2O3. The molecule has 1 saturated heterocycles. The second-order valence-corrected chi connectivity index (χ2v) is 4.43. The van der Waals surface area contributed by atoms with Gasteiger partial charge in [-0.15, -0.1) is 0 Å². The van der Waals surface area contributed by atoms with E-state index in [-0.39, 0.29) is 0 Å². The fourth-order valence-electron chi connectivity index (χ4n) is 1.98. The van der Waals surface area contributed by atoms with Gasteiger partial charge in [-0.05, 0) is 13.0 Å². The minimum absolute atomic E-state index is 0.448. The largest absolute Gasteiger partial charge is 0.394 e. The summed E-state index contributed by atoms with van der Waals surface area (Å²) in [6.07, 6.45) is -1.47. The first kappa shape index (κ1) is 13.1. The van der Waals surface area contributed by atoms with Crippen molar-refractivity contribution in [2.24, 2.45) is 5.92 Å². The zero-order chi connectivity index (χ0) is 13.5. The molecule has 1 aromatic heterocycles. The average molecular weight is 260 g/mol. The van der Waals surface area contributed by atoms with E-state index in [1.54, 1.807) is 6.92 Å². The zero-order valence-corrected chi connectivity index (χ0v) is 10.0. The molecule has 1 aromatic rings. The monoisotopic (exact) mass is 260 g/mol. The van der Waals surface area contributed by atoms with Gasteiger partial charge in [0.1, 0.15) is 0 Å². The highest BCUT2D eigenvalue weighted by Gasteiger charge is 2.57. The maximum atomic E-state index is 14.0. The van der Waals surface area contributed by atoms with Crippen LogP contribution < -0.4 is 5.69 Å². The van der Waals surface area contributed by atoms with Gasteiger partial charge in [-0.25, -0.2) is 13.6 Å². The quantitative estimate of drug-likeness (QED) is 0.850. The molecule has 7 heteroatoms. The van der Waals surface area contributed by atoms with E-state index in [4.69, 9.17) is 9.84 Å². The molecule has 0 aliphatic carbocycles. The van der Waals surface area contributed by atoms with E-state index in [0.29, 0.717) is 5.69 Å². The van der Waals surface area contributed by atoms with Crippen molar-refractivity contribution in [3.63, 3.8) is 0 Å². The molecule has 3 atom stereocenters. The Morgan fingerprint density at radius 1 is 1.61 bits per heavy atom. The number of nitrogens with zero attached hydrogens (tertiary/aromatic N) is 2. The third kappa shape index (κ3) is 1.93. The first-order valence-corrected chi connectivity index (χ1v) is 5.58. The van der Waals surface area contributed by atoms with E-state index in [1.807, 2.05) is 0 Å². The highest BCUT2D eigenvalue weighted by atomic mass is 19.3. The molecule has 2 heterocycles. The van der Waals surface area contributed by atoms with Crippen LogP contribution in [0, 0.1) is 12.8 Å². The molecule has 0 bridgehead atoms. The van der Waals surface area contributed by atoms with Crippen LogP contribution in [0.3, 0.4) is 0 Å². The van der Waals surface area contributed by atoms with Gasteiger partial charge in [-0.2, -0.15) is 4.98 Å². The van der Waals surface area contributed by atoms with Gasteiger partial charge in [0.2, 0.25) is 6.23 Å². The van der Waals surface area contributed by atoms with Crippen LogP contribution in [0.2, 0.25) is 0 Å². The minimum atomic E-state index is -3.23. The Balaban J connectivity index is 2.42.